The minimum Gasteiger partial charge on any atom is -0.506 e. The van der Waals surface area contributed by atoms with Crippen molar-refractivity contribution >= 4 is 23.2 Å². The lowest BCUT2D eigenvalue weighted by Gasteiger charge is -2.12. The highest BCUT2D eigenvalue weighted by atomic mass is 35.5. The molecule has 0 saturated carbocycles. The van der Waals surface area contributed by atoms with Gasteiger partial charge in [-0.25, -0.2) is 4.39 Å². The Labute approximate surface area is 125 Å². The van der Waals surface area contributed by atoms with Crippen molar-refractivity contribution in [3.8, 4) is 5.75 Å². The van der Waals surface area contributed by atoms with E-state index in [0.29, 0.717) is 10.6 Å². The van der Waals surface area contributed by atoms with Crippen LogP contribution in [0.1, 0.15) is 18.1 Å². The van der Waals surface area contributed by atoms with E-state index in [9.17, 15) is 19.4 Å². The van der Waals surface area contributed by atoms with Crippen molar-refractivity contribution in [1.82, 2.24) is 0 Å². The standard InChI is InChI=1S/C15H13ClFNO3/c16-10-4-5-13(19)12(7-10)18-15(21)8-14(20)9-2-1-3-11(17)6-9/h1-7,14,19-20H,8H2,(H,18,21). The summed E-state index contributed by atoms with van der Waals surface area (Å²) in [6.07, 6.45) is -1.41. The predicted molar refractivity (Wildman–Crippen MR) is 77.7 cm³/mol. The van der Waals surface area contributed by atoms with E-state index in [1.807, 2.05) is 0 Å². The van der Waals surface area contributed by atoms with Gasteiger partial charge in [0.15, 0.2) is 0 Å². The quantitative estimate of drug-likeness (QED) is 0.759. The topological polar surface area (TPSA) is 69.6 Å². The first kappa shape index (κ1) is 15.3. The molecule has 110 valence electrons. The van der Waals surface area contributed by atoms with Crippen LogP contribution in [0, 0.1) is 5.82 Å². The number of aromatic hydroxyl groups is 1. The molecule has 0 radical (unpaired) electrons. The lowest BCUT2D eigenvalue weighted by atomic mass is 10.1. The Morgan fingerprint density at radius 2 is 2.05 bits per heavy atom. The first-order chi connectivity index (χ1) is 9.95. The number of nitrogens with one attached hydrogen (secondary N) is 1. The highest BCUT2D eigenvalue weighted by Crippen LogP contribution is 2.27. The number of hydrogen-bond acceptors (Lipinski definition) is 3. The Hall–Kier alpha value is -2.11. The van der Waals surface area contributed by atoms with Crippen LogP contribution in [0.25, 0.3) is 0 Å². The lowest BCUT2D eigenvalue weighted by Crippen LogP contribution is -2.15. The molecule has 1 amide bonds. The summed E-state index contributed by atoms with van der Waals surface area (Å²) in [7, 11) is 0. The van der Waals surface area contributed by atoms with E-state index in [0.717, 1.165) is 6.07 Å². The molecule has 6 heteroatoms. The molecular weight excluding hydrogens is 297 g/mol. The lowest BCUT2D eigenvalue weighted by molar-refractivity contribution is -0.118. The first-order valence-corrected chi connectivity index (χ1v) is 6.55. The number of amides is 1. The van der Waals surface area contributed by atoms with Crippen LogP contribution in [-0.2, 0) is 4.79 Å². The van der Waals surface area contributed by atoms with E-state index < -0.39 is 17.8 Å². The van der Waals surface area contributed by atoms with E-state index in [4.69, 9.17) is 11.6 Å². The average Bonchev–Trinajstić information content (AvgIpc) is 2.42. The number of aliphatic hydroxyl groups is 1. The summed E-state index contributed by atoms with van der Waals surface area (Å²) < 4.78 is 13.0. The Morgan fingerprint density at radius 3 is 2.76 bits per heavy atom. The maximum absolute atomic E-state index is 13.0. The number of phenolic OH excluding ortho intramolecular Hbond substituents is 1. The zero-order valence-electron chi connectivity index (χ0n) is 10.9. The molecule has 0 aromatic heterocycles. The highest BCUT2D eigenvalue weighted by molar-refractivity contribution is 6.31. The number of benzene rings is 2. The third kappa shape index (κ3) is 4.18. The van der Waals surface area contributed by atoms with E-state index in [2.05, 4.69) is 5.32 Å². The van der Waals surface area contributed by atoms with Crippen molar-refractivity contribution in [2.24, 2.45) is 0 Å². The fourth-order valence-electron chi connectivity index (χ4n) is 1.82. The van der Waals surface area contributed by atoms with Gasteiger partial charge in [0.25, 0.3) is 0 Å². The molecule has 2 aromatic carbocycles. The molecule has 0 saturated heterocycles. The molecule has 0 bridgehead atoms. The van der Waals surface area contributed by atoms with Gasteiger partial charge in [-0.1, -0.05) is 23.7 Å². The monoisotopic (exact) mass is 309 g/mol. The van der Waals surface area contributed by atoms with E-state index in [1.54, 1.807) is 0 Å². The zero-order valence-corrected chi connectivity index (χ0v) is 11.6. The smallest absolute Gasteiger partial charge is 0.227 e. The molecule has 2 aromatic rings. The van der Waals surface area contributed by atoms with Crippen molar-refractivity contribution in [3.05, 3.63) is 58.9 Å². The average molecular weight is 310 g/mol. The number of hydrogen-bond donors (Lipinski definition) is 3. The number of anilines is 1. The summed E-state index contributed by atoms with van der Waals surface area (Å²) in [5.74, 6) is -1.14. The second-order valence-corrected chi connectivity index (χ2v) is 4.92. The number of phenols is 1. The van der Waals surface area contributed by atoms with Crippen LogP contribution in [-0.4, -0.2) is 16.1 Å². The van der Waals surface area contributed by atoms with Gasteiger partial charge >= 0.3 is 0 Å². The van der Waals surface area contributed by atoms with Gasteiger partial charge in [0.1, 0.15) is 11.6 Å². The van der Waals surface area contributed by atoms with Crippen molar-refractivity contribution in [2.75, 3.05) is 5.32 Å². The molecule has 0 aliphatic heterocycles. The number of carbonyl (C=O) groups is 1. The van der Waals surface area contributed by atoms with Crippen LogP contribution in [0.5, 0.6) is 5.75 Å². The van der Waals surface area contributed by atoms with Crippen molar-refractivity contribution in [2.45, 2.75) is 12.5 Å². The largest absolute Gasteiger partial charge is 0.506 e. The summed E-state index contributed by atoms with van der Waals surface area (Å²) in [4.78, 5) is 11.8. The molecule has 21 heavy (non-hydrogen) atoms. The summed E-state index contributed by atoms with van der Waals surface area (Å²) in [6, 6.07) is 9.61. The Balaban J connectivity index is 2.03. The fourth-order valence-corrected chi connectivity index (χ4v) is 1.99. The van der Waals surface area contributed by atoms with Crippen molar-refractivity contribution < 1.29 is 19.4 Å². The van der Waals surface area contributed by atoms with Crippen LogP contribution in [0.4, 0.5) is 10.1 Å². The molecule has 0 aliphatic rings. The number of rotatable bonds is 4. The molecule has 1 unspecified atom stereocenters. The molecule has 0 aliphatic carbocycles. The SMILES string of the molecule is O=C(CC(O)c1cccc(F)c1)Nc1cc(Cl)ccc1O. The van der Waals surface area contributed by atoms with Crippen LogP contribution in [0.2, 0.25) is 5.02 Å². The molecule has 1 atom stereocenters. The summed E-state index contributed by atoms with van der Waals surface area (Å²) in [5, 5.41) is 22.3. The molecule has 2 rings (SSSR count). The van der Waals surface area contributed by atoms with Crippen LogP contribution < -0.4 is 5.32 Å². The van der Waals surface area contributed by atoms with Crippen molar-refractivity contribution in [3.63, 3.8) is 0 Å². The Morgan fingerprint density at radius 1 is 1.29 bits per heavy atom. The first-order valence-electron chi connectivity index (χ1n) is 6.17. The summed E-state index contributed by atoms with van der Waals surface area (Å²) >= 11 is 5.77. The van der Waals surface area contributed by atoms with Gasteiger partial charge in [0.2, 0.25) is 5.91 Å². The molecule has 0 spiro atoms. The van der Waals surface area contributed by atoms with Gasteiger partial charge in [0, 0.05) is 5.02 Å². The van der Waals surface area contributed by atoms with Gasteiger partial charge in [-0.3, -0.25) is 4.79 Å². The van der Waals surface area contributed by atoms with Crippen LogP contribution in [0.15, 0.2) is 42.5 Å². The molecule has 0 fully saturated rings. The summed E-state index contributed by atoms with van der Waals surface area (Å²) in [6.45, 7) is 0. The number of aliphatic hydroxyl groups excluding tert-OH is 1. The van der Waals surface area contributed by atoms with E-state index in [1.165, 1.54) is 36.4 Å². The highest BCUT2D eigenvalue weighted by Gasteiger charge is 2.15. The third-order valence-electron chi connectivity index (χ3n) is 2.84. The molecule has 3 N–H and O–H groups in total. The van der Waals surface area contributed by atoms with Gasteiger partial charge in [-0.05, 0) is 35.9 Å². The fraction of sp³-hybridized carbons (Fsp3) is 0.133. The normalized spacial score (nSPS) is 12.0. The molecule has 4 nitrogen and oxygen atoms in total. The maximum Gasteiger partial charge on any atom is 0.227 e. The van der Waals surface area contributed by atoms with Gasteiger partial charge < -0.3 is 15.5 Å². The number of carbonyl (C=O) groups excluding carboxylic acids is 1. The molecule has 0 heterocycles. The zero-order chi connectivity index (χ0) is 15.4. The second kappa shape index (κ2) is 6.56. The predicted octanol–water partition coefficient (Wildman–Crippen LogP) is 3.25. The minimum atomic E-state index is -1.14. The Bertz CT molecular complexity index is 663. The van der Waals surface area contributed by atoms with Gasteiger partial charge in [-0.15, -0.1) is 0 Å². The molecular formula is C15H13ClFNO3. The minimum absolute atomic E-state index is 0.131. The maximum atomic E-state index is 13.0. The summed E-state index contributed by atoms with van der Waals surface area (Å²) in [5.41, 5.74) is 0.458. The van der Waals surface area contributed by atoms with Crippen LogP contribution >= 0.6 is 11.6 Å². The number of halogens is 2. The van der Waals surface area contributed by atoms with Crippen LogP contribution in [0.3, 0.4) is 0 Å². The third-order valence-corrected chi connectivity index (χ3v) is 3.08. The van der Waals surface area contributed by atoms with Gasteiger partial charge in [0.05, 0.1) is 18.2 Å². The van der Waals surface area contributed by atoms with E-state index in [-0.39, 0.29) is 17.9 Å². The second-order valence-electron chi connectivity index (χ2n) is 4.48. The Kier molecular flexibility index (Phi) is 4.77. The van der Waals surface area contributed by atoms with E-state index >= 15 is 0 Å². The van der Waals surface area contributed by atoms with Gasteiger partial charge in [-0.2, -0.15) is 0 Å². The van der Waals surface area contributed by atoms with Crippen molar-refractivity contribution in [1.29, 1.82) is 0 Å².